The number of H-pyrrole nitrogens is 1. The van der Waals surface area contributed by atoms with Crippen LogP contribution in [0.5, 0.6) is 0 Å². The minimum Gasteiger partial charge on any atom is -0.303 e. The van der Waals surface area contributed by atoms with Gasteiger partial charge in [0, 0.05) is 17.2 Å². The Morgan fingerprint density at radius 2 is 1.46 bits per heavy atom. The van der Waals surface area contributed by atoms with Gasteiger partial charge in [0.15, 0.2) is 0 Å². The third kappa shape index (κ3) is 3.22. The van der Waals surface area contributed by atoms with E-state index in [0.717, 1.165) is 12.1 Å². The van der Waals surface area contributed by atoms with Gasteiger partial charge >= 0.3 is 11.9 Å². The average Bonchev–Trinajstić information content (AvgIpc) is 2.52. The molecule has 0 unspecified atom stereocenters. The highest BCUT2D eigenvalue weighted by Crippen LogP contribution is 2.26. The van der Waals surface area contributed by atoms with Crippen molar-refractivity contribution < 1.29 is 26.3 Å². The van der Waals surface area contributed by atoms with E-state index in [1.807, 2.05) is 0 Å². The van der Waals surface area contributed by atoms with Crippen LogP contribution in [0.25, 0.3) is 5.69 Å². The zero-order chi connectivity index (χ0) is 18.1. The Bertz CT molecular complexity index is 813. The van der Waals surface area contributed by atoms with E-state index in [-0.39, 0.29) is 27.3 Å². The number of aromatic amines is 1. The second-order valence-corrected chi connectivity index (χ2v) is 4.82. The molecule has 4 nitrogen and oxygen atoms in total. The lowest BCUT2D eigenvalue weighted by atomic mass is 10.0. The van der Waals surface area contributed by atoms with E-state index in [9.17, 15) is 35.9 Å². The molecule has 0 spiro atoms. The molecular formula is C14H10F6N2O2. The smallest absolute Gasteiger partial charge is 0.303 e. The summed E-state index contributed by atoms with van der Waals surface area (Å²) in [5, 5.41) is 0. The number of halogens is 6. The molecule has 0 amide bonds. The van der Waals surface area contributed by atoms with Gasteiger partial charge in [0.05, 0.1) is 5.69 Å². The molecule has 0 atom stereocenters. The Hall–Kier alpha value is -2.52. The van der Waals surface area contributed by atoms with Crippen LogP contribution in [-0.4, -0.2) is 9.55 Å². The van der Waals surface area contributed by atoms with Gasteiger partial charge in [0.2, 0.25) is 0 Å². The van der Waals surface area contributed by atoms with Crippen LogP contribution in [-0.2, 0) is 26.2 Å². The molecule has 2 rings (SSSR count). The van der Waals surface area contributed by atoms with Crippen LogP contribution in [0, 0.1) is 0 Å². The Balaban J connectivity index is 2.82. The molecule has 0 saturated carbocycles. The lowest BCUT2D eigenvalue weighted by Gasteiger charge is -2.15. The van der Waals surface area contributed by atoms with Crippen molar-refractivity contribution in [1.29, 1.82) is 0 Å². The predicted molar refractivity (Wildman–Crippen MR) is 72.1 cm³/mol. The van der Waals surface area contributed by atoms with Crippen molar-refractivity contribution >= 4 is 0 Å². The number of nitrogens with one attached hydrogen (secondary N) is 1. The summed E-state index contributed by atoms with van der Waals surface area (Å²) in [7, 11) is 0. The fraction of sp³-hybridized carbons (Fsp3) is 0.286. The van der Waals surface area contributed by atoms with E-state index in [2.05, 4.69) is 0 Å². The number of alkyl halides is 6. The summed E-state index contributed by atoms with van der Waals surface area (Å²) in [4.78, 5) is 25.3. The minimum atomic E-state index is -4.97. The molecule has 0 aliphatic carbocycles. The van der Waals surface area contributed by atoms with Crippen molar-refractivity contribution in [2.24, 2.45) is 0 Å². The number of benzene rings is 1. The molecule has 0 saturated heterocycles. The molecule has 0 radical (unpaired) electrons. The van der Waals surface area contributed by atoms with Crippen molar-refractivity contribution in [2.45, 2.75) is 26.2 Å². The van der Waals surface area contributed by atoms with Crippen LogP contribution in [0.15, 0.2) is 27.8 Å². The average molecular weight is 352 g/mol. The summed E-state index contributed by atoms with van der Waals surface area (Å²) in [5.74, 6) is 0. The summed E-state index contributed by atoms with van der Waals surface area (Å²) in [5.41, 5.74) is -5.89. The van der Waals surface area contributed by atoms with E-state index in [4.69, 9.17) is 0 Å². The molecule has 2 aromatic rings. The first-order valence-electron chi connectivity index (χ1n) is 6.49. The SMILES string of the molecule is O=c1cc(C(F)(F)F)[nH]c(=O)n1-c1c(CF)cc(CF)cc1CF. The van der Waals surface area contributed by atoms with E-state index in [1.54, 1.807) is 0 Å². The monoisotopic (exact) mass is 352 g/mol. The topological polar surface area (TPSA) is 54.9 Å². The van der Waals surface area contributed by atoms with Gasteiger partial charge in [-0.15, -0.1) is 0 Å². The Morgan fingerprint density at radius 3 is 1.83 bits per heavy atom. The minimum absolute atomic E-state index is 0.0876. The summed E-state index contributed by atoms with van der Waals surface area (Å²) in [6, 6.07) is 2.05. The van der Waals surface area contributed by atoms with Crippen LogP contribution in [0.3, 0.4) is 0 Å². The fourth-order valence-corrected chi connectivity index (χ4v) is 2.26. The molecule has 130 valence electrons. The Morgan fingerprint density at radius 1 is 0.917 bits per heavy atom. The van der Waals surface area contributed by atoms with Crippen molar-refractivity contribution in [3.05, 3.63) is 61.4 Å². The van der Waals surface area contributed by atoms with Crippen molar-refractivity contribution in [1.82, 2.24) is 9.55 Å². The predicted octanol–water partition coefficient (Wildman–Crippen LogP) is 2.95. The highest BCUT2D eigenvalue weighted by molar-refractivity contribution is 5.50. The highest BCUT2D eigenvalue weighted by Gasteiger charge is 2.33. The molecule has 0 aliphatic heterocycles. The third-order valence-corrected chi connectivity index (χ3v) is 3.23. The first kappa shape index (κ1) is 17.8. The molecule has 1 heterocycles. The van der Waals surface area contributed by atoms with Crippen LogP contribution >= 0.6 is 0 Å². The quantitative estimate of drug-likeness (QED) is 0.861. The number of rotatable bonds is 4. The van der Waals surface area contributed by atoms with Gasteiger partial charge in [-0.05, 0) is 17.7 Å². The number of hydrogen-bond donors (Lipinski definition) is 1. The Labute approximate surface area is 130 Å². The molecule has 10 heteroatoms. The van der Waals surface area contributed by atoms with Gasteiger partial charge in [0.1, 0.15) is 25.7 Å². The molecule has 24 heavy (non-hydrogen) atoms. The van der Waals surface area contributed by atoms with Crippen molar-refractivity contribution in [3.8, 4) is 5.69 Å². The summed E-state index contributed by atoms with van der Waals surface area (Å²) in [6.45, 7) is -3.59. The first-order valence-corrected chi connectivity index (χ1v) is 6.49. The van der Waals surface area contributed by atoms with Crippen molar-refractivity contribution in [2.75, 3.05) is 0 Å². The van der Waals surface area contributed by atoms with E-state index in [1.165, 1.54) is 4.98 Å². The van der Waals surface area contributed by atoms with Gasteiger partial charge in [0.25, 0.3) is 5.56 Å². The maximum Gasteiger partial charge on any atom is 0.431 e. The molecular weight excluding hydrogens is 342 g/mol. The largest absolute Gasteiger partial charge is 0.431 e. The number of aromatic nitrogens is 2. The van der Waals surface area contributed by atoms with E-state index < -0.39 is 48.8 Å². The van der Waals surface area contributed by atoms with Gasteiger partial charge in [-0.25, -0.2) is 22.5 Å². The molecule has 0 aliphatic rings. The van der Waals surface area contributed by atoms with Gasteiger partial charge in [-0.2, -0.15) is 13.2 Å². The van der Waals surface area contributed by atoms with Crippen LogP contribution in [0.2, 0.25) is 0 Å². The molecule has 0 bridgehead atoms. The van der Waals surface area contributed by atoms with Crippen LogP contribution in [0.1, 0.15) is 22.4 Å². The second kappa shape index (κ2) is 6.54. The molecule has 1 aromatic heterocycles. The summed E-state index contributed by atoms with van der Waals surface area (Å²) in [6.07, 6.45) is -4.97. The van der Waals surface area contributed by atoms with Crippen molar-refractivity contribution in [3.63, 3.8) is 0 Å². The van der Waals surface area contributed by atoms with Crippen LogP contribution < -0.4 is 11.2 Å². The standard InChI is InChI=1S/C14H10F6N2O2/c15-4-7-1-8(5-16)12(9(2-7)6-17)22-11(23)3-10(14(18,19)20)21-13(22)24/h1-3H,4-6H2,(H,21,24). The molecule has 0 fully saturated rings. The lowest BCUT2D eigenvalue weighted by molar-refractivity contribution is -0.141. The number of nitrogens with zero attached hydrogens (tertiary/aromatic N) is 1. The first-order chi connectivity index (χ1) is 11.2. The lowest BCUT2D eigenvalue weighted by Crippen LogP contribution is -2.37. The second-order valence-electron chi connectivity index (χ2n) is 4.82. The Kier molecular flexibility index (Phi) is 4.86. The van der Waals surface area contributed by atoms with Gasteiger partial charge in [-0.3, -0.25) is 4.79 Å². The highest BCUT2D eigenvalue weighted by atomic mass is 19.4. The number of hydrogen-bond acceptors (Lipinski definition) is 2. The van der Waals surface area contributed by atoms with Crippen LogP contribution in [0.4, 0.5) is 26.3 Å². The third-order valence-electron chi connectivity index (χ3n) is 3.23. The molecule has 1 N–H and O–H groups in total. The summed E-state index contributed by atoms with van der Waals surface area (Å²) >= 11 is 0. The summed E-state index contributed by atoms with van der Waals surface area (Å²) < 4.78 is 77.1. The fourth-order valence-electron chi connectivity index (χ4n) is 2.26. The van der Waals surface area contributed by atoms with E-state index >= 15 is 0 Å². The van der Waals surface area contributed by atoms with Gasteiger partial charge in [-0.1, -0.05) is 0 Å². The zero-order valence-electron chi connectivity index (χ0n) is 11.9. The normalized spacial score (nSPS) is 11.8. The van der Waals surface area contributed by atoms with E-state index in [0.29, 0.717) is 0 Å². The molecule has 1 aromatic carbocycles. The van der Waals surface area contributed by atoms with Gasteiger partial charge < -0.3 is 4.98 Å². The maximum absolute atomic E-state index is 13.2. The zero-order valence-corrected chi connectivity index (χ0v) is 11.9. The maximum atomic E-state index is 13.2.